The van der Waals surface area contributed by atoms with Crippen LogP contribution in [0.25, 0.3) is 22.6 Å². The first-order valence-corrected chi connectivity index (χ1v) is 10.9. The van der Waals surface area contributed by atoms with Crippen LogP contribution < -0.4 is 11.1 Å². The zero-order chi connectivity index (χ0) is 23.9. The number of hydrogen-bond donors (Lipinski definition) is 3. The number of likely N-dealkylation sites (N-methyl/N-ethyl adjacent to an activating group) is 1. The number of hydrogen-bond acceptors (Lipinski definition) is 9. The minimum Gasteiger partial charge on any atom is -0.396 e. The summed E-state index contributed by atoms with van der Waals surface area (Å²) in [4.78, 5) is 35.2. The van der Waals surface area contributed by atoms with E-state index in [1.807, 2.05) is 6.07 Å². The van der Waals surface area contributed by atoms with Gasteiger partial charge in [0.25, 0.3) is 11.8 Å². The quantitative estimate of drug-likeness (QED) is 0.500. The van der Waals surface area contributed by atoms with Crippen molar-refractivity contribution in [1.82, 2.24) is 25.3 Å². The fourth-order valence-electron chi connectivity index (χ4n) is 4.12. The van der Waals surface area contributed by atoms with Gasteiger partial charge in [-0.2, -0.15) is 0 Å². The summed E-state index contributed by atoms with van der Waals surface area (Å²) in [5.74, 6) is -0.387. The van der Waals surface area contributed by atoms with Crippen LogP contribution in [-0.2, 0) is 15.1 Å². The number of nitrogens with one attached hydrogen (secondary N) is 1. The molecule has 4 heterocycles. The summed E-state index contributed by atoms with van der Waals surface area (Å²) in [6.07, 6.45) is 2.37. The fraction of sp³-hybridized carbons (Fsp3) is 0.348. The lowest BCUT2D eigenvalue weighted by atomic mass is 9.98. The smallest absolute Gasteiger partial charge is 0.272 e. The van der Waals surface area contributed by atoms with Crippen molar-refractivity contribution in [1.29, 1.82) is 0 Å². The maximum Gasteiger partial charge on any atom is 0.272 e. The van der Waals surface area contributed by atoms with Crippen molar-refractivity contribution in [3.8, 4) is 22.6 Å². The second-order valence-corrected chi connectivity index (χ2v) is 8.53. The van der Waals surface area contributed by atoms with Crippen LogP contribution in [0, 0.1) is 0 Å². The van der Waals surface area contributed by atoms with Gasteiger partial charge in [-0.15, -0.1) is 0 Å². The van der Waals surface area contributed by atoms with E-state index in [0.29, 0.717) is 42.4 Å². The van der Waals surface area contributed by atoms with E-state index in [9.17, 15) is 14.7 Å². The Kier molecular flexibility index (Phi) is 5.50. The molecule has 0 radical (unpaired) electrons. The Bertz CT molecular complexity index is 1250. The number of carbonyl (C=O) groups excluding carboxylic acids is 2. The van der Waals surface area contributed by atoms with Gasteiger partial charge in [0.1, 0.15) is 5.69 Å². The van der Waals surface area contributed by atoms with Gasteiger partial charge in [-0.05, 0) is 12.5 Å². The van der Waals surface area contributed by atoms with Gasteiger partial charge in [0.05, 0.1) is 24.5 Å². The van der Waals surface area contributed by atoms with Crippen LogP contribution in [0.5, 0.6) is 0 Å². The van der Waals surface area contributed by atoms with Gasteiger partial charge in [-0.1, -0.05) is 23.4 Å². The molecule has 2 atom stereocenters. The van der Waals surface area contributed by atoms with E-state index in [1.165, 1.54) is 11.1 Å². The van der Waals surface area contributed by atoms with E-state index in [-0.39, 0.29) is 35.5 Å². The van der Waals surface area contributed by atoms with Crippen LogP contribution in [0.2, 0.25) is 0 Å². The summed E-state index contributed by atoms with van der Waals surface area (Å²) in [5.41, 5.74) is 6.27. The summed E-state index contributed by atoms with van der Waals surface area (Å²) in [5, 5.41) is 17.7. The molecule has 11 nitrogen and oxygen atoms in total. The molecular formula is C23H24N6O5. The van der Waals surface area contributed by atoms with E-state index < -0.39 is 11.5 Å². The number of aliphatic hydroxyl groups is 1. The van der Waals surface area contributed by atoms with Crippen molar-refractivity contribution >= 4 is 17.5 Å². The molecule has 34 heavy (non-hydrogen) atoms. The maximum absolute atomic E-state index is 12.7. The van der Waals surface area contributed by atoms with Gasteiger partial charge in [0.15, 0.2) is 17.3 Å². The largest absolute Gasteiger partial charge is 0.396 e. The van der Waals surface area contributed by atoms with Crippen molar-refractivity contribution in [2.45, 2.75) is 24.5 Å². The molecule has 2 aliphatic heterocycles. The molecule has 2 amide bonds. The third-order valence-electron chi connectivity index (χ3n) is 6.14. The molecule has 2 aromatic heterocycles. The lowest BCUT2D eigenvalue weighted by Crippen LogP contribution is -2.36. The van der Waals surface area contributed by atoms with Gasteiger partial charge in [0, 0.05) is 43.8 Å². The molecule has 5 rings (SSSR count). The Morgan fingerprint density at radius 1 is 1.32 bits per heavy atom. The van der Waals surface area contributed by atoms with Crippen molar-refractivity contribution in [2.24, 2.45) is 0 Å². The van der Waals surface area contributed by atoms with Crippen molar-refractivity contribution in [3.63, 3.8) is 0 Å². The number of aromatic nitrogens is 3. The fourth-order valence-corrected chi connectivity index (χ4v) is 4.12. The second kappa shape index (κ2) is 8.50. The summed E-state index contributed by atoms with van der Waals surface area (Å²) in [7, 11) is 1.63. The van der Waals surface area contributed by atoms with Crippen LogP contribution in [0.15, 0.2) is 41.1 Å². The molecule has 0 aliphatic carbocycles. The van der Waals surface area contributed by atoms with Gasteiger partial charge in [-0.25, -0.2) is 9.97 Å². The lowest BCUT2D eigenvalue weighted by Gasteiger charge is -2.16. The predicted octanol–water partition coefficient (Wildman–Crippen LogP) is 0.949. The molecule has 3 aromatic rings. The van der Waals surface area contributed by atoms with E-state index in [4.69, 9.17) is 15.0 Å². The number of benzene rings is 1. The van der Waals surface area contributed by atoms with Gasteiger partial charge in [-0.3, -0.25) is 9.59 Å². The number of anilines is 1. The average Bonchev–Trinajstić information content (AvgIpc) is 3.59. The monoisotopic (exact) mass is 464 g/mol. The van der Waals surface area contributed by atoms with Crippen LogP contribution in [-0.4, -0.2) is 69.8 Å². The summed E-state index contributed by atoms with van der Waals surface area (Å²) < 4.78 is 10.6. The Balaban J connectivity index is 1.41. The number of likely N-dealkylation sites (tertiary alicyclic amines) is 1. The molecule has 1 aromatic carbocycles. The van der Waals surface area contributed by atoms with Crippen LogP contribution >= 0.6 is 0 Å². The van der Waals surface area contributed by atoms with Crippen LogP contribution in [0.1, 0.15) is 29.1 Å². The SMILES string of the molecule is CN1CC[C@@](O)(c2cc(-c3cccc(-c4ncc(N)c(C(=O)NC5CCOC5)n4)c3)no2)C1=O. The first kappa shape index (κ1) is 22.0. The van der Waals surface area contributed by atoms with Gasteiger partial charge < -0.3 is 30.3 Å². The minimum atomic E-state index is -1.72. The minimum absolute atomic E-state index is 0.0728. The van der Waals surface area contributed by atoms with Crippen LogP contribution in [0.3, 0.4) is 0 Å². The van der Waals surface area contributed by atoms with E-state index in [1.54, 1.807) is 31.3 Å². The second-order valence-electron chi connectivity index (χ2n) is 8.53. The van der Waals surface area contributed by atoms with E-state index in [0.717, 1.165) is 6.42 Å². The molecule has 176 valence electrons. The highest BCUT2D eigenvalue weighted by molar-refractivity contribution is 5.97. The highest BCUT2D eigenvalue weighted by Gasteiger charge is 2.48. The number of rotatable bonds is 5. The Labute approximate surface area is 194 Å². The first-order chi connectivity index (χ1) is 16.3. The van der Waals surface area contributed by atoms with E-state index >= 15 is 0 Å². The zero-order valence-electron chi connectivity index (χ0n) is 18.5. The Morgan fingerprint density at radius 2 is 2.15 bits per heavy atom. The molecular weight excluding hydrogens is 440 g/mol. The Morgan fingerprint density at radius 3 is 2.88 bits per heavy atom. The van der Waals surface area contributed by atoms with Crippen molar-refractivity contribution in [3.05, 3.63) is 48.0 Å². The van der Waals surface area contributed by atoms with Crippen molar-refractivity contribution in [2.75, 3.05) is 32.5 Å². The molecule has 0 bridgehead atoms. The third-order valence-corrected chi connectivity index (χ3v) is 6.14. The van der Waals surface area contributed by atoms with Crippen molar-refractivity contribution < 1.29 is 24.0 Å². The summed E-state index contributed by atoms with van der Waals surface area (Å²) in [6.45, 7) is 1.50. The first-order valence-electron chi connectivity index (χ1n) is 10.9. The highest BCUT2D eigenvalue weighted by atomic mass is 16.5. The standard InChI is InChI=1S/C23H24N6O5/c1-29-7-6-23(32,22(29)31)18-10-17(28-34-18)13-3-2-4-14(9-13)20-25-11-16(24)19(27-20)21(30)26-15-5-8-33-12-15/h2-4,9-11,15,32H,5-8,12,24H2,1H3,(H,26,30)/t15?,23-/m1/s1. The highest BCUT2D eigenvalue weighted by Crippen LogP contribution is 2.35. The average molecular weight is 464 g/mol. The Hall–Kier alpha value is -3.83. The summed E-state index contributed by atoms with van der Waals surface area (Å²) in [6, 6.07) is 8.66. The lowest BCUT2D eigenvalue weighted by molar-refractivity contribution is -0.144. The molecule has 0 spiro atoms. The molecule has 2 fully saturated rings. The topological polar surface area (TPSA) is 157 Å². The number of nitrogens with zero attached hydrogens (tertiary/aromatic N) is 4. The molecule has 2 aliphatic rings. The number of carbonyl (C=O) groups is 2. The normalized spacial score (nSPS) is 22.4. The molecule has 0 saturated carbocycles. The van der Waals surface area contributed by atoms with Gasteiger partial charge >= 0.3 is 0 Å². The molecule has 2 saturated heterocycles. The van der Waals surface area contributed by atoms with Crippen LogP contribution in [0.4, 0.5) is 5.69 Å². The molecule has 11 heteroatoms. The number of ether oxygens (including phenoxy) is 1. The molecule has 1 unspecified atom stereocenters. The maximum atomic E-state index is 12.7. The third kappa shape index (κ3) is 3.88. The molecule has 4 N–H and O–H groups in total. The summed E-state index contributed by atoms with van der Waals surface area (Å²) >= 11 is 0. The predicted molar refractivity (Wildman–Crippen MR) is 120 cm³/mol. The number of amides is 2. The number of nitrogens with two attached hydrogens (primary N) is 1. The number of nitrogen functional groups attached to an aromatic ring is 1. The zero-order valence-corrected chi connectivity index (χ0v) is 18.5. The van der Waals surface area contributed by atoms with Gasteiger partial charge in [0.2, 0.25) is 5.60 Å². The van der Waals surface area contributed by atoms with E-state index in [2.05, 4.69) is 20.4 Å².